The van der Waals surface area contributed by atoms with Gasteiger partial charge in [-0.05, 0) is 19.8 Å². The molecule has 90 valence electrons. The summed E-state index contributed by atoms with van der Waals surface area (Å²) in [5.41, 5.74) is 0.542. The van der Waals surface area contributed by atoms with Crippen molar-refractivity contribution in [3.63, 3.8) is 0 Å². The van der Waals surface area contributed by atoms with Crippen LogP contribution < -0.4 is 5.32 Å². The fourth-order valence-corrected chi connectivity index (χ4v) is 2.28. The minimum atomic E-state index is 0.457. The molecule has 0 amide bonds. The molecule has 17 heavy (non-hydrogen) atoms. The van der Waals surface area contributed by atoms with Gasteiger partial charge in [-0.15, -0.1) is 0 Å². The van der Waals surface area contributed by atoms with Gasteiger partial charge in [0.05, 0.1) is 6.20 Å². The van der Waals surface area contributed by atoms with Gasteiger partial charge >= 0.3 is 0 Å². The van der Waals surface area contributed by atoms with Crippen molar-refractivity contribution < 1.29 is 0 Å². The molecule has 0 radical (unpaired) electrons. The average Bonchev–Trinajstić information content (AvgIpc) is 2.58. The highest BCUT2D eigenvalue weighted by molar-refractivity contribution is 5.51. The number of rotatable bonds is 2. The molecule has 1 aliphatic rings. The van der Waals surface area contributed by atoms with E-state index < -0.39 is 0 Å². The maximum Gasteiger partial charge on any atom is 0.147 e. The Balaban J connectivity index is 2.11. The first-order valence-electron chi connectivity index (χ1n) is 6.30. The van der Waals surface area contributed by atoms with Gasteiger partial charge in [0.15, 0.2) is 0 Å². The van der Waals surface area contributed by atoms with Crippen LogP contribution in [0.5, 0.6) is 0 Å². The number of hydrogen-bond donors (Lipinski definition) is 1. The summed E-state index contributed by atoms with van der Waals surface area (Å²) in [5, 5.41) is 12.4. The van der Waals surface area contributed by atoms with Gasteiger partial charge < -0.3 is 5.32 Å². The number of aryl methyl sites for hydroxylation is 1. The second kappa shape index (κ2) is 5.62. The lowest BCUT2D eigenvalue weighted by Crippen LogP contribution is -2.20. The molecule has 1 aliphatic carbocycles. The van der Waals surface area contributed by atoms with Crippen molar-refractivity contribution in [3.05, 3.63) is 17.6 Å². The van der Waals surface area contributed by atoms with Gasteiger partial charge in [-0.3, -0.25) is 0 Å². The minimum absolute atomic E-state index is 0.457. The largest absolute Gasteiger partial charge is 0.366 e. The molecule has 1 N–H and O–H groups in total. The van der Waals surface area contributed by atoms with Crippen molar-refractivity contribution >= 4 is 5.82 Å². The molecule has 4 nitrogen and oxygen atoms in total. The van der Waals surface area contributed by atoms with Crippen LogP contribution in [-0.2, 0) is 0 Å². The summed E-state index contributed by atoms with van der Waals surface area (Å²) in [7, 11) is 0. The molecule has 0 unspecified atom stereocenters. The predicted molar refractivity (Wildman–Crippen MR) is 66.6 cm³/mol. The summed E-state index contributed by atoms with van der Waals surface area (Å²) in [6.45, 7) is 1.85. The van der Waals surface area contributed by atoms with Crippen LogP contribution in [0.1, 0.15) is 49.9 Å². The number of nitrogens with zero attached hydrogens (tertiary/aromatic N) is 3. The highest BCUT2D eigenvalue weighted by atomic mass is 15.0. The number of anilines is 1. The Hall–Kier alpha value is -1.63. The molecular formula is C13H18N4. The van der Waals surface area contributed by atoms with Gasteiger partial charge in [-0.25, -0.2) is 9.97 Å². The van der Waals surface area contributed by atoms with E-state index in [4.69, 9.17) is 5.26 Å². The van der Waals surface area contributed by atoms with Crippen LogP contribution in [-0.4, -0.2) is 16.0 Å². The van der Waals surface area contributed by atoms with Crippen LogP contribution >= 0.6 is 0 Å². The lowest BCUT2D eigenvalue weighted by atomic mass is 10.1. The van der Waals surface area contributed by atoms with E-state index in [0.29, 0.717) is 23.2 Å². The van der Waals surface area contributed by atoms with Crippen molar-refractivity contribution in [2.75, 3.05) is 5.32 Å². The smallest absolute Gasteiger partial charge is 0.147 e. The summed E-state index contributed by atoms with van der Waals surface area (Å²) in [6.07, 6.45) is 9.13. The lowest BCUT2D eigenvalue weighted by Gasteiger charge is -2.17. The Labute approximate surface area is 102 Å². The van der Waals surface area contributed by atoms with E-state index in [2.05, 4.69) is 21.4 Å². The zero-order chi connectivity index (χ0) is 12.1. The molecule has 1 aromatic heterocycles. The van der Waals surface area contributed by atoms with Gasteiger partial charge in [-0.1, -0.05) is 25.7 Å². The normalized spacial score (nSPS) is 17.2. The molecule has 1 aromatic rings. The highest BCUT2D eigenvalue weighted by Gasteiger charge is 2.14. The third-order valence-corrected chi connectivity index (χ3v) is 3.23. The Morgan fingerprint density at radius 1 is 1.29 bits per heavy atom. The minimum Gasteiger partial charge on any atom is -0.366 e. The summed E-state index contributed by atoms with van der Waals surface area (Å²) < 4.78 is 0. The number of nitriles is 1. The number of nitrogens with one attached hydrogen (secondary N) is 1. The quantitative estimate of drug-likeness (QED) is 0.793. The number of aromatic nitrogens is 2. The Morgan fingerprint density at radius 2 is 2.00 bits per heavy atom. The molecule has 1 heterocycles. The molecule has 0 atom stereocenters. The van der Waals surface area contributed by atoms with Crippen molar-refractivity contribution in [1.29, 1.82) is 5.26 Å². The van der Waals surface area contributed by atoms with Crippen LogP contribution in [0, 0.1) is 18.3 Å². The van der Waals surface area contributed by atoms with Crippen molar-refractivity contribution in [3.8, 4) is 6.07 Å². The van der Waals surface area contributed by atoms with Gasteiger partial charge in [0.1, 0.15) is 23.3 Å². The molecule has 2 rings (SSSR count). The molecular weight excluding hydrogens is 212 g/mol. The molecule has 1 fully saturated rings. The number of hydrogen-bond acceptors (Lipinski definition) is 4. The Bertz CT molecular complexity index is 414. The first-order valence-corrected chi connectivity index (χ1v) is 6.30. The third kappa shape index (κ3) is 3.16. The summed E-state index contributed by atoms with van der Waals surface area (Å²) in [5.74, 6) is 1.41. The van der Waals surface area contributed by atoms with Gasteiger partial charge in [-0.2, -0.15) is 5.26 Å². The standard InChI is InChI=1S/C13H18N4/c1-10-15-9-11(8-14)13(16-10)17-12-6-4-2-3-5-7-12/h9,12H,2-7H2,1H3,(H,15,16,17). The Morgan fingerprint density at radius 3 is 2.65 bits per heavy atom. The zero-order valence-corrected chi connectivity index (χ0v) is 10.2. The first-order chi connectivity index (χ1) is 8.29. The van der Waals surface area contributed by atoms with Gasteiger partial charge in [0, 0.05) is 6.04 Å². The average molecular weight is 230 g/mol. The summed E-state index contributed by atoms with van der Waals surface area (Å²) in [4.78, 5) is 8.37. The van der Waals surface area contributed by atoms with E-state index in [1.165, 1.54) is 38.5 Å². The zero-order valence-electron chi connectivity index (χ0n) is 10.2. The highest BCUT2D eigenvalue weighted by Crippen LogP contribution is 2.21. The van der Waals surface area contributed by atoms with E-state index >= 15 is 0 Å². The summed E-state index contributed by atoms with van der Waals surface area (Å²) >= 11 is 0. The van der Waals surface area contributed by atoms with Crippen LogP contribution in [0.3, 0.4) is 0 Å². The van der Waals surface area contributed by atoms with E-state index in [1.807, 2.05) is 6.92 Å². The predicted octanol–water partition coefficient (Wildman–Crippen LogP) is 2.79. The molecule has 0 bridgehead atoms. The summed E-state index contributed by atoms with van der Waals surface area (Å²) in [6, 6.07) is 2.60. The fraction of sp³-hybridized carbons (Fsp3) is 0.615. The third-order valence-electron chi connectivity index (χ3n) is 3.23. The maximum absolute atomic E-state index is 9.02. The maximum atomic E-state index is 9.02. The second-order valence-corrected chi connectivity index (χ2v) is 4.62. The molecule has 0 spiro atoms. The molecule has 4 heteroatoms. The van der Waals surface area contributed by atoms with E-state index in [0.717, 1.165) is 0 Å². The Kier molecular flexibility index (Phi) is 3.92. The van der Waals surface area contributed by atoms with Gasteiger partial charge in [0.2, 0.25) is 0 Å². The van der Waals surface area contributed by atoms with Crippen molar-refractivity contribution in [1.82, 2.24) is 9.97 Å². The van der Waals surface area contributed by atoms with Crippen LogP contribution in [0.25, 0.3) is 0 Å². The topological polar surface area (TPSA) is 61.6 Å². The SMILES string of the molecule is Cc1ncc(C#N)c(NC2CCCCCC2)n1. The van der Waals surface area contributed by atoms with E-state index in [1.54, 1.807) is 6.20 Å². The second-order valence-electron chi connectivity index (χ2n) is 4.62. The monoisotopic (exact) mass is 230 g/mol. The first kappa shape index (κ1) is 11.8. The molecule has 0 aliphatic heterocycles. The molecule has 0 saturated heterocycles. The van der Waals surface area contributed by atoms with E-state index in [9.17, 15) is 0 Å². The van der Waals surface area contributed by atoms with Gasteiger partial charge in [0.25, 0.3) is 0 Å². The molecule has 1 saturated carbocycles. The van der Waals surface area contributed by atoms with Crippen LogP contribution in [0.15, 0.2) is 6.20 Å². The van der Waals surface area contributed by atoms with Crippen molar-refractivity contribution in [2.45, 2.75) is 51.5 Å². The lowest BCUT2D eigenvalue weighted by molar-refractivity contribution is 0.617. The molecule has 0 aromatic carbocycles. The van der Waals surface area contributed by atoms with E-state index in [-0.39, 0.29) is 0 Å². The van der Waals surface area contributed by atoms with Crippen LogP contribution in [0.2, 0.25) is 0 Å². The van der Waals surface area contributed by atoms with Crippen LogP contribution in [0.4, 0.5) is 5.82 Å². The fourth-order valence-electron chi connectivity index (χ4n) is 2.28. The van der Waals surface area contributed by atoms with Crippen molar-refractivity contribution in [2.24, 2.45) is 0 Å².